The minimum atomic E-state index is 0.675. The summed E-state index contributed by atoms with van der Waals surface area (Å²) in [5.74, 6) is 0. The van der Waals surface area contributed by atoms with Crippen molar-refractivity contribution in [2.75, 3.05) is 6.61 Å². The summed E-state index contributed by atoms with van der Waals surface area (Å²) in [6, 6.07) is 14.9. The fourth-order valence-electron chi connectivity index (χ4n) is 2.74. The second kappa shape index (κ2) is 7.23. The summed E-state index contributed by atoms with van der Waals surface area (Å²) in [5, 5.41) is 2.55. The van der Waals surface area contributed by atoms with E-state index >= 15 is 0 Å². The van der Waals surface area contributed by atoms with Crippen molar-refractivity contribution in [2.45, 2.75) is 32.8 Å². The number of nitrogens with one attached hydrogen (secondary N) is 1. The van der Waals surface area contributed by atoms with Crippen LogP contribution < -0.4 is 0 Å². The highest BCUT2D eigenvalue weighted by atomic mass is 16.5. The number of imidazole rings is 1. The number of hydrogen-bond donors (Lipinski definition) is 1. The Bertz CT molecular complexity index is 733. The lowest BCUT2D eigenvalue weighted by atomic mass is 10.1. The van der Waals surface area contributed by atoms with Crippen LogP contribution in [-0.2, 0) is 24.2 Å². The fourth-order valence-corrected chi connectivity index (χ4v) is 2.74. The van der Waals surface area contributed by atoms with Gasteiger partial charge in [0.25, 0.3) is 0 Å². The molecule has 3 aromatic rings. The number of aryl methyl sites for hydroxylation is 2. The van der Waals surface area contributed by atoms with Gasteiger partial charge in [-0.25, -0.2) is 4.98 Å². The van der Waals surface area contributed by atoms with Crippen LogP contribution in [0, 0.1) is 0 Å². The Kier molecular flexibility index (Phi) is 4.86. The van der Waals surface area contributed by atoms with E-state index in [0.29, 0.717) is 6.61 Å². The first-order chi connectivity index (χ1) is 10.9. The highest BCUT2D eigenvalue weighted by Gasteiger charge is 2.03. The van der Waals surface area contributed by atoms with Gasteiger partial charge in [-0.3, -0.25) is 0 Å². The first kappa shape index (κ1) is 14.8. The summed E-state index contributed by atoms with van der Waals surface area (Å²) in [6.07, 6.45) is 4.78. The molecule has 114 valence electrons. The molecule has 0 saturated carbocycles. The van der Waals surface area contributed by atoms with Gasteiger partial charge < -0.3 is 9.72 Å². The van der Waals surface area contributed by atoms with Crippen molar-refractivity contribution in [3.8, 4) is 0 Å². The zero-order chi connectivity index (χ0) is 15.2. The van der Waals surface area contributed by atoms with E-state index in [1.165, 1.54) is 27.7 Å². The molecule has 3 rings (SSSR count). The SMILES string of the molecule is CCc1nc[nH]c1CCCOCc1ccc2ccccc2c1. The van der Waals surface area contributed by atoms with Gasteiger partial charge in [0.1, 0.15) is 0 Å². The molecule has 0 amide bonds. The summed E-state index contributed by atoms with van der Waals surface area (Å²) >= 11 is 0. The molecule has 0 spiro atoms. The average Bonchev–Trinajstić information content (AvgIpc) is 3.02. The van der Waals surface area contributed by atoms with Crippen LogP contribution in [0.15, 0.2) is 48.8 Å². The molecule has 0 fully saturated rings. The van der Waals surface area contributed by atoms with E-state index < -0.39 is 0 Å². The molecule has 0 unspecified atom stereocenters. The van der Waals surface area contributed by atoms with Crippen molar-refractivity contribution >= 4 is 10.8 Å². The van der Waals surface area contributed by atoms with E-state index in [0.717, 1.165) is 25.9 Å². The van der Waals surface area contributed by atoms with Crippen molar-refractivity contribution < 1.29 is 4.74 Å². The van der Waals surface area contributed by atoms with E-state index in [9.17, 15) is 0 Å². The lowest BCUT2D eigenvalue weighted by molar-refractivity contribution is 0.118. The molecule has 0 bridgehead atoms. The summed E-state index contributed by atoms with van der Waals surface area (Å²) in [7, 11) is 0. The molecule has 22 heavy (non-hydrogen) atoms. The highest BCUT2D eigenvalue weighted by molar-refractivity contribution is 5.82. The van der Waals surface area contributed by atoms with Gasteiger partial charge in [-0.1, -0.05) is 43.3 Å². The predicted molar refractivity (Wildman–Crippen MR) is 89.9 cm³/mol. The van der Waals surface area contributed by atoms with Crippen LogP contribution in [0.3, 0.4) is 0 Å². The zero-order valence-electron chi connectivity index (χ0n) is 13.0. The van der Waals surface area contributed by atoms with Gasteiger partial charge in [-0.15, -0.1) is 0 Å². The minimum absolute atomic E-state index is 0.675. The number of aromatic nitrogens is 2. The maximum atomic E-state index is 5.81. The minimum Gasteiger partial charge on any atom is -0.377 e. The Morgan fingerprint density at radius 3 is 2.82 bits per heavy atom. The molecule has 0 radical (unpaired) electrons. The highest BCUT2D eigenvalue weighted by Crippen LogP contribution is 2.16. The maximum Gasteiger partial charge on any atom is 0.0925 e. The predicted octanol–water partition coefficient (Wildman–Crippen LogP) is 4.27. The van der Waals surface area contributed by atoms with Crippen molar-refractivity contribution in [2.24, 2.45) is 0 Å². The Balaban J connectivity index is 1.46. The standard InChI is InChI=1S/C19H22N2O/c1-2-18-19(21-14-20-18)8-5-11-22-13-15-9-10-16-6-3-4-7-17(16)12-15/h3-4,6-7,9-10,12,14H,2,5,8,11,13H2,1H3,(H,20,21). The molecule has 0 aliphatic rings. The smallest absolute Gasteiger partial charge is 0.0925 e. The van der Waals surface area contributed by atoms with Gasteiger partial charge in [0, 0.05) is 12.3 Å². The topological polar surface area (TPSA) is 37.9 Å². The molecule has 0 atom stereocenters. The van der Waals surface area contributed by atoms with E-state index in [2.05, 4.69) is 59.4 Å². The van der Waals surface area contributed by atoms with Crippen LogP contribution in [-0.4, -0.2) is 16.6 Å². The van der Waals surface area contributed by atoms with Gasteiger partial charge in [-0.2, -0.15) is 0 Å². The van der Waals surface area contributed by atoms with Crippen molar-refractivity contribution in [3.05, 3.63) is 65.7 Å². The molecular weight excluding hydrogens is 272 g/mol. The quantitative estimate of drug-likeness (QED) is 0.661. The number of H-pyrrole nitrogens is 1. The molecule has 1 N–H and O–H groups in total. The summed E-state index contributed by atoms with van der Waals surface area (Å²) < 4.78 is 5.81. The molecular formula is C19H22N2O. The second-order valence-electron chi connectivity index (χ2n) is 5.52. The van der Waals surface area contributed by atoms with E-state index in [1.54, 1.807) is 6.33 Å². The largest absolute Gasteiger partial charge is 0.377 e. The number of fused-ring (bicyclic) bond motifs is 1. The Morgan fingerprint density at radius 1 is 1.09 bits per heavy atom. The zero-order valence-corrected chi connectivity index (χ0v) is 13.0. The average molecular weight is 294 g/mol. The fraction of sp³-hybridized carbons (Fsp3) is 0.316. The molecule has 0 aliphatic heterocycles. The number of ether oxygens (including phenoxy) is 1. The van der Waals surface area contributed by atoms with E-state index in [4.69, 9.17) is 4.74 Å². The Hall–Kier alpha value is -2.13. The lowest BCUT2D eigenvalue weighted by Crippen LogP contribution is -1.99. The van der Waals surface area contributed by atoms with Gasteiger partial charge in [0.2, 0.25) is 0 Å². The third kappa shape index (κ3) is 3.55. The van der Waals surface area contributed by atoms with Gasteiger partial charge >= 0.3 is 0 Å². The van der Waals surface area contributed by atoms with Crippen LogP contribution in [0.1, 0.15) is 30.3 Å². The van der Waals surface area contributed by atoms with Crippen LogP contribution >= 0.6 is 0 Å². The van der Waals surface area contributed by atoms with Crippen molar-refractivity contribution in [1.29, 1.82) is 0 Å². The van der Waals surface area contributed by atoms with Gasteiger partial charge in [0.15, 0.2) is 0 Å². The number of rotatable bonds is 7. The maximum absolute atomic E-state index is 5.81. The first-order valence-electron chi connectivity index (χ1n) is 7.93. The third-order valence-electron chi connectivity index (χ3n) is 3.94. The number of aromatic amines is 1. The monoisotopic (exact) mass is 294 g/mol. The van der Waals surface area contributed by atoms with E-state index in [1.807, 2.05) is 0 Å². The Labute approximate surface area is 131 Å². The molecule has 3 nitrogen and oxygen atoms in total. The molecule has 1 aromatic heterocycles. The van der Waals surface area contributed by atoms with E-state index in [-0.39, 0.29) is 0 Å². The van der Waals surface area contributed by atoms with Gasteiger partial charge in [0.05, 0.1) is 18.6 Å². The third-order valence-corrected chi connectivity index (χ3v) is 3.94. The molecule has 3 heteroatoms. The summed E-state index contributed by atoms with van der Waals surface area (Å²) in [6.45, 7) is 3.58. The molecule has 0 saturated heterocycles. The number of hydrogen-bond acceptors (Lipinski definition) is 2. The van der Waals surface area contributed by atoms with Gasteiger partial charge in [-0.05, 0) is 41.7 Å². The van der Waals surface area contributed by atoms with Crippen molar-refractivity contribution in [3.63, 3.8) is 0 Å². The summed E-state index contributed by atoms with van der Waals surface area (Å²) in [5.41, 5.74) is 3.65. The number of nitrogens with zero attached hydrogens (tertiary/aromatic N) is 1. The van der Waals surface area contributed by atoms with Crippen LogP contribution in [0.4, 0.5) is 0 Å². The van der Waals surface area contributed by atoms with Crippen LogP contribution in [0.25, 0.3) is 10.8 Å². The number of benzene rings is 2. The first-order valence-corrected chi connectivity index (χ1v) is 7.93. The second-order valence-corrected chi connectivity index (χ2v) is 5.52. The van der Waals surface area contributed by atoms with Crippen molar-refractivity contribution in [1.82, 2.24) is 9.97 Å². The normalized spacial score (nSPS) is 11.1. The van der Waals surface area contributed by atoms with Crippen LogP contribution in [0.5, 0.6) is 0 Å². The molecule has 1 heterocycles. The molecule has 2 aromatic carbocycles. The lowest BCUT2D eigenvalue weighted by Gasteiger charge is -2.06. The Morgan fingerprint density at radius 2 is 1.95 bits per heavy atom. The summed E-state index contributed by atoms with van der Waals surface area (Å²) in [4.78, 5) is 7.53. The molecule has 0 aliphatic carbocycles. The van der Waals surface area contributed by atoms with Crippen LogP contribution in [0.2, 0.25) is 0 Å².